The van der Waals surface area contributed by atoms with Crippen LogP contribution in [0.4, 0.5) is 11.4 Å². The first-order valence-corrected chi connectivity index (χ1v) is 7.71. The molecule has 0 saturated carbocycles. The van der Waals surface area contributed by atoms with Crippen LogP contribution in [0, 0.1) is 0 Å². The Labute approximate surface area is 112 Å². The molecule has 0 aliphatic carbocycles. The van der Waals surface area contributed by atoms with Gasteiger partial charge in [-0.25, -0.2) is 12.7 Å². The number of carbonyl (C=O) groups excluding carboxylic acids is 1. The monoisotopic (exact) mass is 283 g/mol. The van der Waals surface area contributed by atoms with Crippen molar-refractivity contribution in [3.63, 3.8) is 0 Å². The number of nitrogens with one attached hydrogen (secondary N) is 1. The van der Waals surface area contributed by atoms with Crippen molar-refractivity contribution in [2.24, 2.45) is 0 Å². The van der Waals surface area contributed by atoms with Crippen molar-refractivity contribution < 1.29 is 13.2 Å². The van der Waals surface area contributed by atoms with Gasteiger partial charge in [-0.1, -0.05) is 0 Å². The van der Waals surface area contributed by atoms with Crippen LogP contribution in [-0.4, -0.2) is 37.5 Å². The van der Waals surface area contributed by atoms with E-state index < -0.39 is 10.0 Å². The van der Waals surface area contributed by atoms with Crippen LogP contribution in [0.5, 0.6) is 0 Å². The number of nitrogens with zero attached hydrogens (tertiary/aromatic N) is 1. The highest BCUT2D eigenvalue weighted by molar-refractivity contribution is 7.89. The summed E-state index contributed by atoms with van der Waals surface area (Å²) in [5.41, 5.74) is 6.82. The fourth-order valence-electron chi connectivity index (χ4n) is 1.96. The molecule has 19 heavy (non-hydrogen) atoms. The van der Waals surface area contributed by atoms with Crippen LogP contribution in [0.3, 0.4) is 0 Å². The van der Waals surface area contributed by atoms with Gasteiger partial charge in [0.1, 0.15) is 0 Å². The number of amides is 1. The summed E-state index contributed by atoms with van der Waals surface area (Å²) in [5, 5.41) is 2.70. The molecule has 1 amide bonds. The van der Waals surface area contributed by atoms with Crippen molar-refractivity contribution >= 4 is 27.3 Å². The molecular weight excluding hydrogens is 266 g/mol. The molecule has 6 nitrogen and oxygen atoms in total. The van der Waals surface area contributed by atoms with Gasteiger partial charge in [-0.05, 0) is 30.7 Å². The molecule has 2 rings (SSSR count). The van der Waals surface area contributed by atoms with Crippen LogP contribution in [0.15, 0.2) is 24.3 Å². The second-order valence-electron chi connectivity index (χ2n) is 4.49. The second kappa shape index (κ2) is 5.58. The van der Waals surface area contributed by atoms with Crippen LogP contribution in [0.25, 0.3) is 0 Å². The Bertz CT molecular complexity index is 554. The van der Waals surface area contributed by atoms with E-state index in [4.69, 9.17) is 5.73 Å². The number of hydrogen-bond acceptors (Lipinski definition) is 4. The Morgan fingerprint density at radius 1 is 1.32 bits per heavy atom. The lowest BCUT2D eigenvalue weighted by Crippen LogP contribution is -2.29. The van der Waals surface area contributed by atoms with Crippen LogP contribution in [0.2, 0.25) is 0 Å². The minimum absolute atomic E-state index is 0.156. The van der Waals surface area contributed by atoms with Crippen molar-refractivity contribution in [2.45, 2.75) is 12.8 Å². The first kappa shape index (κ1) is 13.8. The van der Waals surface area contributed by atoms with Crippen LogP contribution in [0.1, 0.15) is 12.8 Å². The largest absolute Gasteiger partial charge is 0.399 e. The van der Waals surface area contributed by atoms with Crippen LogP contribution < -0.4 is 11.1 Å². The van der Waals surface area contributed by atoms with E-state index in [1.54, 1.807) is 24.3 Å². The molecule has 0 spiro atoms. The number of rotatable bonds is 4. The fraction of sp³-hybridized carbons (Fsp3) is 0.417. The third-order valence-corrected chi connectivity index (χ3v) is 4.94. The summed E-state index contributed by atoms with van der Waals surface area (Å²) in [6.07, 6.45) is 0.797. The molecule has 0 radical (unpaired) electrons. The highest BCUT2D eigenvalue weighted by Gasteiger charge is 2.28. The standard InChI is InChI=1S/C12H17N3O3S/c13-10-2-4-11(5-3-10)14-12(16)6-8-15-7-1-9-19(15,17)18/h2-5H,1,6-9,13H2,(H,14,16). The Morgan fingerprint density at radius 2 is 2.00 bits per heavy atom. The van der Waals surface area contributed by atoms with E-state index in [-0.39, 0.29) is 24.6 Å². The van der Waals surface area contributed by atoms with E-state index in [9.17, 15) is 13.2 Å². The summed E-state index contributed by atoms with van der Waals surface area (Å²) < 4.78 is 24.5. The van der Waals surface area contributed by atoms with Crippen LogP contribution >= 0.6 is 0 Å². The SMILES string of the molecule is Nc1ccc(NC(=O)CCN2CCCS2(=O)=O)cc1. The quantitative estimate of drug-likeness (QED) is 0.793. The van der Waals surface area contributed by atoms with Crippen molar-refractivity contribution in [3.8, 4) is 0 Å². The summed E-state index contributed by atoms with van der Waals surface area (Å²) in [4.78, 5) is 11.7. The molecule has 7 heteroatoms. The zero-order chi connectivity index (χ0) is 13.9. The lowest BCUT2D eigenvalue weighted by atomic mass is 10.3. The Balaban J connectivity index is 1.83. The number of anilines is 2. The zero-order valence-corrected chi connectivity index (χ0v) is 11.3. The maximum atomic E-state index is 11.7. The van der Waals surface area contributed by atoms with Crippen molar-refractivity contribution in [1.82, 2.24) is 4.31 Å². The minimum Gasteiger partial charge on any atom is -0.399 e. The van der Waals surface area contributed by atoms with Crippen molar-refractivity contribution in [2.75, 3.05) is 29.9 Å². The molecule has 1 aliphatic rings. The molecule has 3 N–H and O–H groups in total. The maximum Gasteiger partial charge on any atom is 0.225 e. The molecule has 1 aromatic carbocycles. The van der Waals surface area contributed by atoms with E-state index in [2.05, 4.69) is 5.32 Å². The number of hydrogen-bond donors (Lipinski definition) is 2. The number of benzene rings is 1. The van der Waals surface area contributed by atoms with E-state index in [1.807, 2.05) is 0 Å². The highest BCUT2D eigenvalue weighted by Crippen LogP contribution is 2.14. The van der Waals surface area contributed by atoms with E-state index >= 15 is 0 Å². The van der Waals surface area contributed by atoms with Gasteiger partial charge in [-0.3, -0.25) is 4.79 Å². The predicted octanol–water partition coefficient (Wildman–Crippen LogP) is 0.633. The maximum absolute atomic E-state index is 11.7. The molecule has 0 unspecified atom stereocenters. The first-order valence-electron chi connectivity index (χ1n) is 6.10. The van der Waals surface area contributed by atoms with Gasteiger partial charge in [0.05, 0.1) is 5.75 Å². The molecule has 1 aromatic rings. The van der Waals surface area contributed by atoms with Crippen molar-refractivity contribution in [1.29, 1.82) is 0 Å². The zero-order valence-electron chi connectivity index (χ0n) is 10.5. The average Bonchev–Trinajstić information content (AvgIpc) is 2.69. The van der Waals surface area contributed by atoms with E-state index in [1.165, 1.54) is 4.31 Å². The Hall–Kier alpha value is -1.60. The molecule has 0 atom stereocenters. The van der Waals surface area contributed by atoms with Gasteiger partial charge in [0.15, 0.2) is 0 Å². The molecule has 1 fully saturated rings. The molecule has 1 heterocycles. The summed E-state index contributed by atoms with van der Waals surface area (Å²) in [6.45, 7) is 0.751. The fourth-order valence-corrected chi connectivity index (χ4v) is 3.49. The summed E-state index contributed by atoms with van der Waals surface area (Å²) in [7, 11) is -3.12. The molecule has 0 aromatic heterocycles. The summed E-state index contributed by atoms with van der Waals surface area (Å²) in [6, 6.07) is 6.81. The lowest BCUT2D eigenvalue weighted by Gasteiger charge is -2.13. The van der Waals surface area contributed by atoms with Gasteiger partial charge < -0.3 is 11.1 Å². The van der Waals surface area contributed by atoms with Gasteiger partial charge in [0, 0.05) is 30.9 Å². The molecule has 0 bridgehead atoms. The lowest BCUT2D eigenvalue weighted by molar-refractivity contribution is -0.116. The van der Waals surface area contributed by atoms with Gasteiger partial charge in [-0.2, -0.15) is 0 Å². The number of nitrogens with two attached hydrogens (primary N) is 1. The van der Waals surface area contributed by atoms with Gasteiger partial charge in [0.25, 0.3) is 0 Å². The number of carbonyl (C=O) groups is 1. The first-order chi connectivity index (χ1) is 8.97. The molecule has 1 aliphatic heterocycles. The van der Waals surface area contributed by atoms with Gasteiger partial charge in [-0.15, -0.1) is 0 Å². The van der Waals surface area contributed by atoms with Crippen LogP contribution in [-0.2, 0) is 14.8 Å². The molecular formula is C12H17N3O3S. The minimum atomic E-state index is -3.12. The Morgan fingerprint density at radius 3 is 2.58 bits per heavy atom. The highest BCUT2D eigenvalue weighted by atomic mass is 32.2. The van der Waals surface area contributed by atoms with E-state index in [0.717, 1.165) is 0 Å². The van der Waals surface area contributed by atoms with Gasteiger partial charge in [0.2, 0.25) is 15.9 Å². The summed E-state index contributed by atoms with van der Waals surface area (Å²) in [5.74, 6) is -0.0149. The predicted molar refractivity (Wildman–Crippen MR) is 74.1 cm³/mol. The topological polar surface area (TPSA) is 92.5 Å². The third kappa shape index (κ3) is 3.68. The normalized spacial score (nSPS) is 18.3. The van der Waals surface area contributed by atoms with Crippen molar-refractivity contribution in [3.05, 3.63) is 24.3 Å². The smallest absolute Gasteiger partial charge is 0.225 e. The van der Waals surface area contributed by atoms with E-state index in [0.29, 0.717) is 24.3 Å². The van der Waals surface area contributed by atoms with Gasteiger partial charge >= 0.3 is 0 Å². The number of sulfonamides is 1. The molecule has 1 saturated heterocycles. The second-order valence-corrected chi connectivity index (χ2v) is 6.58. The average molecular weight is 283 g/mol. The summed E-state index contributed by atoms with van der Waals surface area (Å²) >= 11 is 0. The Kier molecular flexibility index (Phi) is 4.06. The molecule has 104 valence electrons. The number of nitrogen functional groups attached to an aromatic ring is 1. The third-order valence-electron chi connectivity index (χ3n) is 2.99.